The van der Waals surface area contributed by atoms with Crippen molar-refractivity contribution in [3.8, 4) is 5.75 Å². The number of halogens is 1. The van der Waals surface area contributed by atoms with Crippen LogP contribution in [0.1, 0.15) is 32.1 Å². The molecule has 94 valence electrons. The van der Waals surface area contributed by atoms with Gasteiger partial charge < -0.3 is 10.5 Å². The molecule has 0 aromatic heterocycles. The Morgan fingerprint density at radius 3 is 2.71 bits per heavy atom. The molecular formula is C14H20FNO. The summed E-state index contributed by atoms with van der Waals surface area (Å²) in [6, 6.07) is 6.60. The largest absolute Gasteiger partial charge is 0.487 e. The number of para-hydroxylation sites is 1. The Morgan fingerprint density at radius 1 is 1.18 bits per heavy atom. The van der Waals surface area contributed by atoms with Crippen molar-refractivity contribution in [2.24, 2.45) is 11.7 Å². The molecule has 1 aliphatic carbocycles. The summed E-state index contributed by atoms with van der Waals surface area (Å²) in [5, 5.41) is 0. The molecule has 3 heteroatoms. The smallest absolute Gasteiger partial charge is 0.165 e. The Bertz CT molecular complexity index is 356. The van der Waals surface area contributed by atoms with Crippen LogP contribution < -0.4 is 10.5 Å². The molecule has 0 saturated heterocycles. The van der Waals surface area contributed by atoms with Crippen molar-refractivity contribution in [2.45, 2.75) is 38.2 Å². The summed E-state index contributed by atoms with van der Waals surface area (Å²) in [6.45, 7) is 0.624. The zero-order valence-corrected chi connectivity index (χ0v) is 10.1. The van der Waals surface area contributed by atoms with Gasteiger partial charge >= 0.3 is 0 Å². The van der Waals surface area contributed by atoms with Crippen LogP contribution in [0.3, 0.4) is 0 Å². The van der Waals surface area contributed by atoms with Crippen molar-refractivity contribution in [3.63, 3.8) is 0 Å². The summed E-state index contributed by atoms with van der Waals surface area (Å²) in [5.41, 5.74) is 5.78. The van der Waals surface area contributed by atoms with E-state index in [0.29, 0.717) is 18.2 Å². The Morgan fingerprint density at radius 2 is 1.94 bits per heavy atom. The highest BCUT2D eigenvalue weighted by molar-refractivity contribution is 5.24. The van der Waals surface area contributed by atoms with Crippen LogP contribution in [0.15, 0.2) is 24.3 Å². The van der Waals surface area contributed by atoms with E-state index in [1.54, 1.807) is 18.2 Å². The molecule has 0 amide bonds. The van der Waals surface area contributed by atoms with Gasteiger partial charge in [-0.3, -0.25) is 0 Å². The molecule has 2 nitrogen and oxygen atoms in total. The van der Waals surface area contributed by atoms with Crippen molar-refractivity contribution in [3.05, 3.63) is 30.1 Å². The fraction of sp³-hybridized carbons (Fsp3) is 0.571. The van der Waals surface area contributed by atoms with Crippen LogP contribution in [0.2, 0.25) is 0 Å². The van der Waals surface area contributed by atoms with Gasteiger partial charge in [0.25, 0.3) is 0 Å². The number of nitrogens with two attached hydrogens (primary N) is 1. The molecule has 0 aliphatic heterocycles. The monoisotopic (exact) mass is 237 g/mol. The second kappa shape index (κ2) is 6.01. The average Bonchev–Trinajstić information content (AvgIpc) is 2.57. The first-order valence-corrected chi connectivity index (χ1v) is 6.42. The minimum absolute atomic E-state index is 0.0689. The maximum atomic E-state index is 13.5. The van der Waals surface area contributed by atoms with Gasteiger partial charge in [-0.1, -0.05) is 25.0 Å². The van der Waals surface area contributed by atoms with E-state index < -0.39 is 0 Å². The minimum atomic E-state index is -0.285. The zero-order chi connectivity index (χ0) is 12.1. The van der Waals surface area contributed by atoms with Crippen LogP contribution in [0.25, 0.3) is 0 Å². The first kappa shape index (κ1) is 12.4. The third kappa shape index (κ3) is 3.19. The van der Waals surface area contributed by atoms with Crippen LogP contribution >= 0.6 is 0 Å². The van der Waals surface area contributed by atoms with Gasteiger partial charge in [0.15, 0.2) is 11.6 Å². The molecule has 1 fully saturated rings. The van der Waals surface area contributed by atoms with Crippen molar-refractivity contribution in [1.82, 2.24) is 0 Å². The molecule has 17 heavy (non-hydrogen) atoms. The third-order valence-electron chi connectivity index (χ3n) is 3.51. The Balaban J connectivity index is 2.07. The molecule has 0 spiro atoms. The molecule has 2 N–H and O–H groups in total. The van der Waals surface area contributed by atoms with Gasteiger partial charge in [0.05, 0.1) is 0 Å². The summed E-state index contributed by atoms with van der Waals surface area (Å²) in [7, 11) is 0. The zero-order valence-electron chi connectivity index (χ0n) is 10.1. The quantitative estimate of drug-likeness (QED) is 0.820. The van der Waals surface area contributed by atoms with Gasteiger partial charge in [-0.05, 0) is 37.9 Å². The second-order valence-electron chi connectivity index (χ2n) is 4.72. The third-order valence-corrected chi connectivity index (χ3v) is 3.51. The maximum absolute atomic E-state index is 13.5. The minimum Gasteiger partial charge on any atom is -0.487 e. The molecule has 1 aromatic rings. The molecule has 0 bridgehead atoms. The number of ether oxygens (including phenoxy) is 1. The van der Waals surface area contributed by atoms with Crippen LogP contribution in [0.5, 0.6) is 5.75 Å². The Labute approximate surface area is 102 Å². The molecule has 0 radical (unpaired) electrons. The summed E-state index contributed by atoms with van der Waals surface area (Å²) in [6.07, 6.45) is 5.73. The lowest BCUT2D eigenvalue weighted by Gasteiger charge is -2.25. The Hall–Kier alpha value is -1.09. The van der Waals surface area contributed by atoms with Crippen molar-refractivity contribution in [2.75, 3.05) is 6.54 Å². The number of rotatable bonds is 3. The Kier molecular flexibility index (Phi) is 4.37. The van der Waals surface area contributed by atoms with Gasteiger partial charge in [-0.15, -0.1) is 0 Å². The summed E-state index contributed by atoms with van der Waals surface area (Å²) >= 11 is 0. The highest BCUT2D eigenvalue weighted by Crippen LogP contribution is 2.28. The van der Waals surface area contributed by atoms with Gasteiger partial charge in [0.2, 0.25) is 0 Å². The lowest BCUT2D eigenvalue weighted by Crippen LogP contribution is -2.31. The molecule has 1 aliphatic rings. The maximum Gasteiger partial charge on any atom is 0.165 e. The van der Waals surface area contributed by atoms with Crippen LogP contribution in [0.4, 0.5) is 4.39 Å². The summed E-state index contributed by atoms with van der Waals surface area (Å²) < 4.78 is 19.3. The standard InChI is InChI=1S/C14H20FNO/c15-12-7-4-5-9-14(12)17-13-8-3-1-2-6-11(13)10-16/h4-5,7,9,11,13H,1-3,6,8,10,16H2. The van der Waals surface area contributed by atoms with Gasteiger partial charge in [0.1, 0.15) is 6.10 Å². The SMILES string of the molecule is NCC1CCCCCC1Oc1ccccc1F. The lowest BCUT2D eigenvalue weighted by atomic mass is 9.97. The van der Waals surface area contributed by atoms with Crippen LogP contribution in [-0.2, 0) is 0 Å². The molecule has 2 unspecified atom stereocenters. The van der Waals surface area contributed by atoms with E-state index in [1.807, 2.05) is 0 Å². The molecule has 2 rings (SSSR count). The van der Waals surface area contributed by atoms with Gasteiger partial charge in [-0.25, -0.2) is 4.39 Å². The van der Waals surface area contributed by atoms with Crippen LogP contribution in [0, 0.1) is 11.7 Å². The second-order valence-corrected chi connectivity index (χ2v) is 4.72. The van der Waals surface area contributed by atoms with Crippen molar-refractivity contribution < 1.29 is 9.13 Å². The number of hydrogen-bond acceptors (Lipinski definition) is 2. The highest BCUT2D eigenvalue weighted by atomic mass is 19.1. The average molecular weight is 237 g/mol. The molecule has 2 atom stereocenters. The molecule has 1 aromatic carbocycles. The van der Waals surface area contributed by atoms with E-state index in [-0.39, 0.29) is 11.9 Å². The predicted molar refractivity (Wildman–Crippen MR) is 66.4 cm³/mol. The number of hydrogen-bond donors (Lipinski definition) is 1. The summed E-state index contributed by atoms with van der Waals surface area (Å²) in [5.74, 6) is 0.433. The fourth-order valence-electron chi connectivity index (χ4n) is 2.48. The first-order valence-electron chi connectivity index (χ1n) is 6.42. The molecular weight excluding hydrogens is 217 g/mol. The van der Waals surface area contributed by atoms with E-state index in [0.717, 1.165) is 19.3 Å². The van der Waals surface area contributed by atoms with E-state index >= 15 is 0 Å². The van der Waals surface area contributed by atoms with E-state index in [4.69, 9.17) is 10.5 Å². The van der Waals surface area contributed by atoms with E-state index in [9.17, 15) is 4.39 Å². The van der Waals surface area contributed by atoms with Crippen molar-refractivity contribution in [1.29, 1.82) is 0 Å². The van der Waals surface area contributed by atoms with Crippen molar-refractivity contribution >= 4 is 0 Å². The van der Waals surface area contributed by atoms with Gasteiger partial charge in [-0.2, -0.15) is 0 Å². The van der Waals surface area contributed by atoms with Gasteiger partial charge in [0, 0.05) is 5.92 Å². The molecule has 0 heterocycles. The summed E-state index contributed by atoms with van der Waals surface area (Å²) in [4.78, 5) is 0. The van der Waals surface area contributed by atoms with Crippen LogP contribution in [-0.4, -0.2) is 12.6 Å². The number of benzene rings is 1. The first-order chi connectivity index (χ1) is 8.31. The highest BCUT2D eigenvalue weighted by Gasteiger charge is 2.24. The lowest BCUT2D eigenvalue weighted by molar-refractivity contribution is 0.124. The topological polar surface area (TPSA) is 35.2 Å². The van der Waals surface area contributed by atoms with E-state index in [1.165, 1.54) is 18.9 Å². The predicted octanol–water partition coefficient (Wildman–Crippen LogP) is 3.11. The van der Waals surface area contributed by atoms with E-state index in [2.05, 4.69) is 0 Å². The fourth-order valence-corrected chi connectivity index (χ4v) is 2.48. The normalized spacial score (nSPS) is 25.3. The molecule has 1 saturated carbocycles.